The average Bonchev–Trinajstić information content (AvgIpc) is 3.64. The molecule has 280 valence electrons. The molecule has 4 aliphatic heterocycles. The molecule has 4 amide bonds. The fourth-order valence-electron chi connectivity index (χ4n) is 8.98. The third kappa shape index (κ3) is 7.84. The number of nitrogens with two attached hydrogens (primary N) is 1. The number of rotatable bonds is 10. The molecule has 0 radical (unpaired) electrons. The quantitative estimate of drug-likeness (QED) is 0.210. The van der Waals surface area contributed by atoms with E-state index in [1.165, 1.54) is 31.6 Å². The maximum absolute atomic E-state index is 13.3. The number of aromatic nitrogens is 1. The van der Waals surface area contributed by atoms with Crippen molar-refractivity contribution in [2.45, 2.75) is 56.8 Å². The monoisotopic (exact) mass is 744 g/mol. The molecule has 2 unspecified atom stereocenters. The van der Waals surface area contributed by atoms with E-state index in [0.29, 0.717) is 36.3 Å². The van der Waals surface area contributed by atoms with Crippen LogP contribution in [0.2, 0.25) is 0 Å². The van der Waals surface area contributed by atoms with Gasteiger partial charge in [0.1, 0.15) is 5.92 Å². The van der Waals surface area contributed by atoms with Crippen LogP contribution in [0.15, 0.2) is 85.1 Å². The van der Waals surface area contributed by atoms with E-state index in [9.17, 15) is 19.2 Å². The summed E-state index contributed by atoms with van der Waals surface area (Å²) in [7, 11) is 0. The summed E-state index contributed by atoms with van der Waals surface area (Å²) in [4.78, 5) is 63.2. The van der Waals surface area contributed by atoms with Crippen LogP contribution in [0, 0.1) is 11.3 Å². The van der Waals surface area contributed by atoms with Gasteiger partial charge >= 0.3 is 0 Å². The minimum Gasteiger partial charge on any atom is -0.371 e. The summed E-state index contributed by atoms with van der Waals surface area (Å²) >= 11 is 1.62. The Bertz CT molecular complexity index is 1970. The van der Waals surface area contributed by atoms with Crippen LogP contribution >= 0.6 is 11.3 Å². The number of piperidine rings is 3. The van der Waals surface area contributed by atoms with E-state index in [1.807, 2.05) is 59.5 Å². The molecular weight excluding hydrogens is 697 g/mol. The van der Waals surface area contributed by atoms with Crippen LogP contribution in [-0.4, -0.2) is 84.2 Å². The number of imide groups is 1. The van der Waals surface area contributed by atoms with E-state index >= 15 is 0 Å². The summed E-state index contributed by atoms with van der Waals surface area (Å²) < 4.78 is 0. The van der Waals surface area contributed by atoms with Gasteiger partial charge in [0.15, 0.2) is 0 Å². The Morgan fingerprint density at radius 1 is 0.889 bits per heavy atom. The van der Waals surface area contributed by atoms with Gasteiger partial charge in [0, 0.05) is 79.4 Å². The lowest BCUT2D eigenvalue weighted by Gasteiger charge is -2.55. The van der Waals surface area contributed by atoms with Crippen LogP contribution in [0.25, 0.3) is 10.4 Å². The number of primary amides is 1. The molecule has 2 atom stereocenters. The highest BCUT2D eigenvalue weighted by atomic mass is 32.1. The lowest BCUT2D eigenvalue weighted by Crippen LogP contribution is -2.61. The largest absolute Gasteiger partial charge is 0.371 e. The third-order valence-corrected chi connectivity index (χ3v) is 13.2. The highest BCUT2D eigenvalue weighted by molar-refractivity contribution is 7.15. The molecule has 10 nitrogen and oxygen atoms in total. The second kappa shape index (κ2) is 15.5. The molecule has 3 N–H and O–H groups in total. The zero-order valence-corrected chi connectivity index (χ0v) is 31.4. The van der Waals surface area contributed by atoms with Gasteiger partial charge in [-0.15, -0.1) is 11.3 Å². The number of thiophene rings is 1. The van der Waals surface area contributed by atoms with Crippen molar-refractivity contribution < 1.29 is 19.2 Å². The van der Waals surface area contributed by atoms with Gasteiger partial charge in [-0.1, -0.05) is 48.5 Å². The maximum atomic E-state index is 13.3. The Balaban J connectivity index is 0.756. The molecule has 0 saturated carbocycles. The molecule has 1 spiro atoms. The van der Waals surface area contributed by atoms with E-state index in [0.717, 1.165) is 72.0 Å². The van der Waals surface area contributed by atoms with Crippen molar-refractivity contribution in [1.29, 1.82) is 0 Å². The van der Waals surface area contributed by atoms with E-state index < -0.39 is 11.8 Å². The predicted molar refractivity (Wildman–Crippen MR) is 210 cm³/mol. The molecular formula is C43H48N6O4S. The first kappa shape index (κ1) is 36.1. The number of nitrogens with one attached hydrogen (secondary N) is 1. The van der Waals surface area contributed by atoms with Crippen LogP contribution < -0.4 is 16.0 Å². The first-order valence-corrected chi connectivity index (χ1v) is 20.1. The molecule has 4 aliphatic rings. The fraction of sp³-hybridized carbons (Fsp3) is 0.419. The van der Waals surface area contributed by atoms with Crippen molar-refractivity contribution in [3.63, 3.8) is 0 Å². The number of benzene rings is 2. The maximum Gasteiger partial charge on any atom is 0.234 e. The summed E-state index contributed by atoms with van der Waals surface area (Å²) in [6, 6.07) is 25.8. The molecule has 4 aromatic rings. The second-order valence-corrected chi connectivity index (χ2v) is 16.9. The zero-order valence-electron chi connectivity index (χ0n) is 30.6. The molecule has 4 saturated heterocycles. The van der Waals surface area contributed by atoms with Gasteiger partial charge < -0.3 is 20.4 Å². The highest BCUT2D eigenvalue weighted by Gasteiger charge is 2.45. The highest BCUT2D eigenvalue weighted by Crippen LogP contribution is 2.42. The summed E-state index contributed by atoms with van der Waals surface area (Å²) in [5.74, 6) is -0.797. The van der Waals surface area contributed by atoms with E-state index in [4.69, 9.17) is 5.73 Å². The van der Waals surface area contributed by atoms with Crippen molar-refractivity contribution in [1.82, 2.24) is 20.1 Å². The minimum atomic E-state index is -0.597. The van der Waals surface area contributed by atoms with E-state index in [1.54, 1.807) is 17.5 Å². The number of likely N-dealkylation sites (tertiary alicyclic amines) is 2. The van der Waals surface area contributed by atoms with Gasteiger partial charge in [-0.3, -0.25) is 29.5 Å². The average molecular weight is 745 g/mol. The van der Waals surface area contributed by atoms with Crippen molar-refractivity contribution in [2.24, 2.45) is 17.1 Å². The third-order valence-electron chi connectivity index (χ3n) is 12.1. The first-order valence-electron chi connectivity index (χ1n) is 19.3. The topological polar surface area (TPSA) is 129 Å². The lowest BCUT2D eigenvalue weighted by atomic mass is 9.71. The summed E-state index contributed by atoms with van der Waals surface area (Å²) in [5, 5.41) is 2.47. The van der Waals surface area contributed by atoms with Crippen molar-refractivity contribution >= 4 is 40.7 Å². The molecule has 2 aromatic carbocycles. The molecule has 0 bridgehead atoms. The van der Waals surface area contributed by atoms with Gasteiger partial charge in [0.05, 0.1) is 18.0 Å². The van der Waals surface area contributed by atoms with Crippen molar-refractivity contribution in [2.75, 3.05) is 50.7 Å². The zero-order chi connectivity index (χ0) is 37.2. The Kier molecular flexibility index (Phi) is 10.3. The van der Waals surface area contributed by atoms with Crippen LogP contribution in [0.3, 0.4) is 0 Å². The lowest BCUT2D eigenvalue weighted by molar-refractivity contribution is -0.134. The number of anilines is 1. The number of amides is 4. The van der Waals surface area contributed by atoms with Crippen LogP contribution in [-0.2, 0) is 25.6 Å². The summed E-state index contributed by atoms with van der Waals surface area (Å²) in [6.45, 7) is 7.22. The minimum absolute atomic E-state index is 0.177. The van der Waals surface area contributed by atoms with Gasteiger partial charge in [0.2, 0.25) is 23.6 Å². The first-order chi connectivity index (χ1) is 26.2. The summed E-state index contributed by atoms with van der Waals surface area (Å²) in [5.41, 5.74) is 10.8. The van der Waals surface area contributed by atoms with Gasteiger partial charge in [-0.2, -0.15) is 0 Å². The number of pyridine rings is 1. The van der Waals surface area contributed by atoms with Crippen LogP contribution in [0.4, 0.5) is 5.69 Å². The Morgan fingerprint density at radius 3 is 2.30 bits per heavy atom. The van der Waals surface area contributed by atoms with Crippen LogP contribution in [0.5, 0.6) is 0 Å². The Hall–Kier alpha value is -4.87. The van der Waals surface area contributed by atoms with Crippen LogP contribution in [0.1, 0.15) is 72.1 Å². The van der Waals surface area contributed by atoms with Gasteiger partial charge in [-0.05, 0) is 84.9 Å². The molecule has 54 heavy (non-hydrogen) atoms. The molecule has 0 aliphatic carbocycles. The number of hydrogen-bond acceptors (Lipinski definition) is 8. The smallest absolute Gasteiger partial charge is 0.234 e. The SMILES string of the molecule is NC(=O)C(c1ccccc1)c1ccc(-c2ccc(CC(=O)N3CCC(CN4CC5(CCN(c6ccc(C7CCC(=O)NC7=O)cc6)CC5)C4)CC3)s2)cn1. The molecule has 6 heterocycles. The molecule has 2 aromatic heterocycles. The van der Waals surface area contributed by atoms with Gasteiger partial charge in [0.25, 0.3) is 0 Å². The van der Waals surface area contributed by atoms with E-state index in [-0.39, 0.29) is 23.6 Å². The van der Waals surface area contributed by atoms with E-state index in [2.05, 4.69) is 44.4 Å². The van der Waals surface area contributed by atoms with Crippen molar-refractivity contribution in [3.05, 3.63) is 107 Å². The molecule has 11 heteroatoms. The Morgan fingerprint density at radius 2 is 1.63 bits per heavy atom. The van der Waals surface area contributed by atoms with Crippen molar-refractivity contribution in [3.8, 4) is 10.4 Å². The second-order valence-electron chi connectivity index (χ2n) is 15.7. The van der Waals surface area contributed by atoms with Gasteiger partial charge in [-0.25, -0.2) is 0 Å². The number of carbonyl (C=O) groups is 4. The fourth-order valence-corrected chi connectivity index (χ4v) is 9.97. The molecule has 8 rings (SSSR count). The number of nitrogens with zero attached hydrogens (tertiary/aromatic N) is 4. The normalized spacial score (nSPS) is 21.1. The summed E-state index contributed by atoms with van der Waals surface area (Å²) in [6.07, 6.45) is 7.68. The number of carbonyl (C=O) groups excluding carboxylic acids is 4. The Labute approximate surface area is 320 Å². The number of hydrogen-bond donors (Lipinski definition) is 2. The molecule has 4 fully saturated rings. The predicted octanol–water partition coefficient (Wildman–Crippen LogP) is 5.33. The standard InChI is InChI=1S/C43H48N6O4S/c44-41(52)40(31-4-2-1-3-5-31)36-13-8-32(25-45-36)37-14-11-34(54-37)24-39(51)49-20-16-29(17-21-49)26-47-27-43(28-47)18-22-48(23-19-43)33-9-6-30(7-10-33)35-12-15-38(50)46-42(35)53/h1-11,13-14,25,29,35,40H,12,15-24,26-28H2,(H2,44,52)(H,46,50,53).